The van der Waals surface area contributed by atoms with Crippen LogP contribution in [0.2, 0.25) is 0 Å². The van der Waals surface area contributed by atoms with Crippen molar-refractivity contribution in [1.29, 1.82) is 0 Å². The molecule has 5 heteroatoms. The first-order valence-electron chi connectivity index (χ1n) is 8.93. The molecule has 0 unspecified atom stereocenters. The Labute approximate surface area is 155 Å². The quantitative estimate of drug-likeness (QED) is 0.762. The number of para-hydroxylation sites is 2. The highest BCUT2D eigenvalue weighted by molar-refractivity contribution is 5.95. The summed E-state index contributed by atoms with van der Waals surface area (Å²) >= 11 is 0. The molecule has 0 saturated carbocycles. The lowest BCUT2D eigenvalue weighted by Gasteiger charge is -2.21. The Hall–Kier alpha value is -2.66. The minimum atomic E-state index is -0.114. The number of hydrogen-bond acceptors (Lipinski definition) is 3. The van der Waals surface area contributed by atoms with Crippen molar-refractivity contribution in [3.8, 4) is 0 Å². The standard InChI is InChI=1S/C21H27N3O2/c1-4-13-24(14-20(25)22-18-11-7-5-9-16(18)2)15-21(26)23-19-12-8-6-10-17(19)3/h5-12H,4,13-15H2,1-3H3,(H,22,25)(H,23,26). The third-order valence-electron chi connectivity index (χ3n) is 4.11. The van der Waals surface area contributed by atoms with E-state index >= 15 is 0 Å². The number of rotatable bonds is 8. The second-order valence-corrected chi connectivity index (χ2v) is 6.44. The first-order valence-corrected chi connectivity index (χ1v) is 8.93. The highest BCUT2D eigenvalue weighted by atomic mass is 16.2. The first kappa shape index (κ1) is 19.7. The number of hydrogen-bond donors (Lipinski definition) is 2. The van der Waals surface area contributed by atoms with Gasteiger partial charge in [0.05, 0.1) is 13.1 Å². The normalized spacial score (nSPS) is 10.6. The van der Waals surface area contributed by atoms with Gasteiger partial charge in [-0.1, -0.05) is 43.3 Å². The fraction of sp³-hybridized carbons (Fsp3) is 0.333. The number of nitrogens with zero attached hydrogens (tertiary/aromatic N) is 1. The van der Waals surface area contributed by atoms with Gasteiger partial charge in [0.25, 0.3) is 0 Å². The van der Waals surface area contributed by atoms with Gasteiger partial charge in [0.2, 0.25) is 11.8 Å². The Kier molecular flexibility index (Phi) is 7.36. The predicted molar refractivity (Wildman–Crippen MR) is 106 cm³/mol. The minimum absolute atomic E-state index is 0.114. The number of carbonyl (C=O) groups is 2. The van der Waals surface area contributed by atoms with Crippen LogP contribution in [0.4, 0.5) is 11.4 Å². The van der Waals surface area contributed by atoms with Crippen molar-refractivity contribution in [3.63, 3.8) is 0 Å². The molecule has 0 aliphatic heterocycles. The zero-order valence-electron chi connectivity index (χ0n) is 15.7. The second-order valence-electron chi connectivity index (χ2n) is 6.44. The average Bonchev–Trinajstić information content (AvgIpc) is 2.59. The molecule has 0 bridgehead atoms. The van der Waals surface area contributed by atoms with Crippen LogP contribution in [0.1, 0.15) is 24.5 Å². The van der Waals surface area contributed by atoms with Gasteiger partial charge in [-0.3, -0.25) is 14.5 Å². The Morgan fingerprint density at radius 3 is 1.62 bits per heavy atom. The molecule has 138 valence electrons. The number of anilines is 2. The van der Waals surface area contributed by atoms with Gasteiger partial charge < -0.3 is 10.6 Å². The summed E-state index contributed by atoms with van der Waals surface area (Å²) in [5.74, 6) is -0.229. The van der Waals surface area contributed by atoms with Gasteiger partial charge in [0.1, 0.15) is 0 Å². The van der Waals surface area contributed by atoms with Crippen LogP contribution in [-0.2, 0) is 9.59 Å². The molecule has 0 heterocycles. The molecule has 0 radical (unpaired) electrons. The zero-order chi connectivity index (χ0) is 18.9. The van der Waals surface area contributed by atoms with Crippen molar-refractivity contribution in [1.82, 2.24) is 4.90 Å². The van der Waals surface area contributed by atoms with Crippen LogP contribution >= 0.6 is 0 Å². The van der Waals surface area contributed by atoms with Crippen molar-refractivity contribution in [2.45, 2.75) is 27.2 Å². The topological polar surface area (TPSA) is 61.4 Å². The number of carbonyl (C=O) groups excluding carboxylic acids is 2. The summed E-state index contributed by atoms with van der Waals surface area (Å²) in [4.78, 5) is 26.6. The molecule has 26 heavy (non-hydrogen) atoms. The lowest BCUT2D eigenvalue weighted by Crippen LogP contribution is -2.39. The van der Waals surface area contributed by atoms with E-state index in [1.807, 2.05) is 74.2 Å². The highest BCUT2D eigenvalue weighted by Crippen LogP contribution is 2.14. The fourth-order valence-corrected chi connectivity index (χ4v) is 2.74. The highest BCUT2D eigenvalue weighted by Gasteiger charge is 2.15. The fourth-order valence-electron chi connectivity index (χ4n) is 2.74. The maximum atomic E-state index is 12.4. The largest absolute Gasteiger partial charge is 0.325 e. The lowest BCUT2D eigenvalue weighted by atomic mass is 10.2. The van der Waals surface area contributed by atoms with Crippen LogP contribution in [0.15, 0.2) is 48.5 Å². The molecule has 0 atom stereocenters. The number of aryl methyl sites for hydroxylation is 2. The van der Waals surface area contributed by atoms with E-state index in [1.54, 1.807) is 0 Å². The summed E-state index contributed by atoms with van der Waals surface area (Å²) in [5.41, 5.74) is 3.64. The van der Waals surface area contributed by atoms with E-state index in [2.05, 4.69) is 10.6 Å². The third-order valence-corrected chi connectivity index (χ3v) is 4.11. The SMILES string of the molecule is CCCN(CC(=O)Nc1ccccc1C)CC(=O)Nc1ccccc1C. The summed E-state index contributed by atoms with van der Waals surface area (Å²) in [6, 6.07) is 15.3. The van der Waals surface area contributed by atoms with Crippen molar-refractivity contribution >= 4 is 23.2 Å². The van der Waals surface area contributed by atoms with Crippen molar-refractivity contribution in [3.05, 3.63) is 59.7 Å². The smallest absolute Gasteiger partial charge is 0.238 e. The van der Waals surface area contributed by atoms with E-state index in [9.17, 15) is 9.59 Å². The van der Waals surface area contributed by atoms with E-state index in [4.69, 9.17) is 0 Å². The Morgan fingerprint density at radius 1 is 0.808 bits per heavy atom. The molecule has 2 aromatic rings. The number of amides is 2. The van der Waals surface area contributed by atoms with Crippen LogP contribution in [-0.4, -0.2) is 36.3 Å². The Bertz CT molecular complexity index is 697. The zero-order valence-corrected chi connectivity index (χ0v) is 15.7. The molecular weight excluding hydrogens is 326 g/mol. The number of nitrogens with one attached hydrogen (secondary N) is 2. The van der Waals surface area contributed by atoms with E-state index in [0.29, 0.717) is 6.54 Å². The molecule has 0 saturated heterocycles. The monoisotopic (exact) mass is 353 g/mol. The van der Waals surface area contributed by atoms with E-state index < -0.39 is 0 Å². The Morgan fingerprint density at radius 2 is 1.23 bits per heavy atom. The van der Waals surface area contributed by atoms with Crippen LogP contribution in [0.5, 0.6) is 0 Å². The van der Waals surface area contributed by atoms with E-state index in [1.165, 1.54) is 0 Å². The summed E-state index contributed by atoms with van der Waals surface area (Å²) < 4.78 is 0. The van der Waals surface area contributed by atoms with Crippen LogP contribution in [0.25, 0.3) is 0 Å². The average molecular weight is 353 g/mol. The van der Waals surface area contributed by atoms with Gasteiger partial charge in [-0.15, -0.1) is 0 Å². The van der Waals surface area contributed by atoms with E-state index in [-0.39, 0.29) is 24.9 Å². The van der Waals surface area contributed by atoms with Gasteiger partial charge in [-0.05, 0) is 50.1 Å². The molecule has 2 N–H and O–H groups in total. The second kappa shape index (κ2) is 9.73. The molecule has 0 aliphatic carbocycles. The summed E-state index contributed by atoms with van der Waals surface area (Å²) in [5, 5.41) is 5.84. The molecule has 0 fully saturated rings. The molecule has 0 spiro atoms. The number of benzene rings is 2. The van der Waals surface area contributed by atoms with Crippen LogP contribution in [0, 0.1) is 13.8 Å². The summed E-state index contributed by atoms with van der Waals surface area (Å²) in [7, 11) is 0. The van der Waals surface area contributed by atoms with Gasteiger partial charge in [-0.25, -0.2) is 0 Å². The van der Waals surface area contributed by atoms with Gasteiger partial charge in [0, 0.05) is 11.4 Å². The maximum Gasteiger partial charge on any atom is 0.238 e. The Balaban J connectivity index is 1.93. The van der Waals surface area contributed by atoms with E-state index in [0.717, 1.165) is 28.9 Å². The third kappa shape index (κ3) is 6.01. The molecule has 0 aliphatic rings. The lowest BCUT2D eigenvalue weighted by molar-refractivity contribution is -0.120. The molecular formula is C21H27N3O2. The van der Waals surface area contributed by atoms with Crippen molar-refractivity contribution < 1.29 is 9.59 Å². The van der Waals surface area contributed by atoms with Crippen LogP contribution < -0.4 is 10.6 Å². The maximum absolute atomic E-state index is 12.4. The molecule has 5 nitrogen and oxygen atoms in total. The van der Waals surface area contributed by atoms with Gasteiger partial charge in [0.15, 0.2) is 0 Å². The van der Waals surface area contributed by atoms with Gasteiger partial charge >= 0.3 is 0 Å². The van der Waals surface area contributed by atoms with Crippen LogP contribution in [0.3, 0.4) is 0 Å². The molecule has 0 aromatic heterocycles. The van der Waals surface area contributed by atoms with Crippen molar-refractivity contribution in [2.75, 3.05) is 30.3 Å². The summed E-state index contributed by atoms with van der Waals surface area (Å²) in [6.07, 6.45) is 0.870. The minimum Gasteiger partial charge on any atom is -0.325 e. The molecule has 2 amide bonds. The summed E-state index contributed by atoms with van der Waals surface area (Å²) in [6.45, 7) is 6.99. The molecule has 2 aromatic carbocycles. The predicted octanol–water partition coefficient (Wildman–Crippen LogP) is 3.59. The van der Waals surface area contributed by atoms with Crippen molar-refractivity contribution in [2.24, 2.45) is 0 Å². The molecule has 2 rings (SSSR count). The van der Waals surface area contributed by atoms with Gasteiger partial charge in [-0.2, -0.15) is 0 Å². The first-order chi connectivity index (χ1) is 12.5.